The van der Waals surface area contributed by atoms with Crippen molar-refractivity contribution in [1.82, 2.24) is 5.32 Å². The smallest absolute Gasteiger partial charge is 0.305 e. The first-order chi connectivity index (χ1) is 36.5. The monoisotopic (exact) mass is 1040 g/mol. The van der Waals surface area contributed by atoms with Crippen LogP contribution in [0.5, 0.6) is 0 Å². The molecule has 0 saturated carbocycles. The average Bonchev–Trinajstić information content (AvgIpc) is 3.40. The number of aliphatic hydroxyl groups is 2. The first kappa shape index (κ1) is 72.3. The predicted molar refractivity (Wildman–Crippen MR) is 324 cm³/mol. The van der Waals surface area contributed by atoms with Gasteiger partial charge in [-0.3, -0.25) is 9.59 Å². The van der Waals surface area contributed by atoms with Crippen molar-refractivity contribution in [2.75, 3.05) is 13.2 Å². The molecule has 438 valence electrons. The number of ether oxygens (including phenoxy) is 1. The summed E-state index contributed by atoms with van der Waals surface area (Å²) in [6.07, 6.45) is 79.5. The van der Waals surface area contributed by atoms with Gasteiger partial charge >= 0.3 is 5.97 Å². The highest BCUT2D eigenvalue weighted by Gasteiger charge is 2.18. The molecular formula is C68H131NO5. The topological polar surface area (TPSA) is 95.9 Å². The molecule has 0 aliphatic carbocycles. The second-order valence-electron chi connectivity index (χ2n) is 23.2. The van der Waals surface area contributed by atoms with Crippen LogP contribution >= 0.6 is 0 Å². The molecule has 3 N–H and O–H groups in total. The molecule has 6 nitrogen and oxygen atoms in total. The summed E-state index contributed by atoms with van der Waals surface area (Å²) in [6, 6.07) is -0.626. The number of aliphatic hydroxyl groups excluding tert-OH is 2. The number of hydrogen-bond donors (Lipinski definition) is 3. The standard InChI is InChI=1S/C68H131NO5/c1-3-5-7-9-11-13-15-17-19-32-36-40-44-48-52-56-60-66(71)65(64-70)69-67(72)61-57-53-49-45-41-37-33-30-28-26-24-22-21-23-25-27-29-31-35-39-43-47-51-55-59-63-74-68(73)62-58-54-50-46-42-38-34-20-18-16-14-12-10-8-6-4-2/h20,34,56,60,65-66,70-71H,3-19,21-33,35-55,57-59,61-64H2,1-2H3,(H,69,72)/b34-20-,60-56+. The van der Waals surface area contributed by atoms with Crippen molar-refractivity contribution in [3.05, 3.63) is 24.3 Å². The first-order valence-corrected chi connectivity index (χ1v) is 33.6. The molecule has 74 heavy (non-hydrogen) atoms. The van der Waals surface area contributed by atoms with Gasteiger partial charge < -0.3 is 20.3 Å². The van der Waals surface area contributed by atoms with Gasteiger partial charge in [0.15, 0.2) is 0 Å². The number of rotatable bonds is 63. The van der Waals surface area contributed by atoms with Crippen molar-refractivity contribution in [3.63, 3.8) is 0 Å². The molecule has 0 bridgehead atoms. The summed E-state index contributed by atoms with van der Waals surface area (Å²) in [7, 11) is 0. The summed E-state index contributed by atoms with van der Waals surface area (Å²) >= 11 is 0. The fourth-order valence-electron chi connectivity index (χ4n) is 10.6. The Hall–Kier alpha value is -1.66. The first-order valence-electron chi connectivity index (χ1n) is 33.6. The van der Waals surface area contributed by atoms with Crippen molar-refractivity contribution in [2.24, 2.45) is 0 Å². The maximum Gasteiger partial charge on any atom is 0.305 e. The second-order valence-corrected chi connectivity index (χ2v) is 23.2. The Morgan fingerprint density at radius 1 is 0.365 bits per heavy atom. The average molecular weight is 1040 g/mol. The molecule has 0 aliphatic rings. The van der Waals surface area contributed by atoms with E-state index < -0.39 is 12.1 Å². The van der Waals surface area contributed by atoms with Crippen LogP contribution in [0, 0.1) is 0 Å². The fraction of sp³-hybridized carbons (Fsp3) is 0.912. The Balaban J connectivity index is 3.37. The van der Waals surface area contributed by atoms with E-state index in [9.17, 15) is 19.8 Å². The van der Waals surface area contributed by atoms with E-state index in [-0.39, 0.29) is 18.5 Å². The highest BCUT2D eigenvalue weighted by molar-refractivity contribution is 5.76. The number of nitrogens with one attached hydrogen (secondary N) is 1. The third-order valence-corrected chi connectivity index (χ3v) is 15.7. The number of unbranched alkanes of at least 4 members (excludes halogenated alkanes) is 50. The lowest BCUT2D eigenvalue weighted by molar-refractivity contribution is -0.143. The highest BCUT2D eigenvalue weighted by Crippen LogP contribution is 2.18. The molecule has 6 heteroatoms. The van der Waals surface area contributed by atoms with Gasteiger partial charge in [-0.1, -0.05) is 327 Å². The fourth-order valence-corrected chi connectivity index (χ4v) is 10.6. The molecule has 2 unspecified atom stereocenters. The van der Waals surface area contributed by atoms with Crippen LogP contribution in [0.2, 0.25) is 0 Å². The molecule has 0 aromatic carbocycles. The molecule has 1 amide bonds. The van der Waals surface area contributed by atoms with E-state index in [0.29, 0.717) is 19.4 Å². The van der Waals surface area contributed by atoms with E-state index in [4.69, 9.17) is 4.74 Å². The third kappa shape index (κ3) is 59.6. The number of amides is 1. The van der Waals surface area contributed by atoms with Crippen molar-refractivity contribution < 1.29 is 24.5 Å². The van der Waals surface area contributed by atoms with Crippen molar-refractivity contribution >= 4 is 11.9 Å². The van der Waals surface area contributed by atoms with E-state index in [2.05, 4.69) is 31.3 Å². The molecule has 0 spiro atoms. The minimum atomic E-state index is -0.843. The van der Waals surface area contributed by atoms with Gasteiger partial charge in [0, 0.05) is 12.8 Å². The molecule has 0 aromatic rings. The van der Waals surface area contributed by atoms with Gasteiger partial charge in [0.2, 0.25) is 5.91 Å². The maximum absolute atomic E-state index is 12.5. The van der Waals surface area contributed by atoms with Gasteiger partial charge in [-0.05, 0) is 57.8 Å². The van der Waals surface area contributed by atoms with Crippen LogP contribution in [-0.4, -0.2) is 47.4 Å². The lowest BCUT2D eigenvalue weighted by Crippen LogP contribution is -2.45. The van der Waals surface area contributed by atoms with Gasteiger partial charge in [-0.15, -0.1) is 0 Å². The van der Waals surface area contributed by atoms with E-state index in [1.54, 1.807) is 6.08 Å². The third-order valence-electron chi connectivity index (χ3n) is 15.7. The Morgan fingerprint density at radius 2 is 0.635 bits per heavy atom. The second kappa shape index (κ2) is 63.9. The molecular weight excluding hydrogens is 911 g/mol. The molecule has 0 rings (SSSR count). The minimum Gasteiger partial charge on any atom is -0.466 e. The Kier molecular flexibility index (Phi) is 62.4. The highest BCUT2D eigenvalue weighted by atomic mass is 16.5. The molecule has 0 saturated heterocycles. The summed E-state index contributed by atoms with van der Waals surface area (Å²) in [5.41, 5.74) is 0. The Bertz CT molecular complexity index is 1150. The van der Waals surface area contributed by atoms with Crippen LogP contribution in [0.3, 0.4) is 0 Å². The predicted octanol–water partition coefficient (Wildman–Crippen LogP) is 21.4. The Morgan fingerprint density at radius 3 is 0.959 bits per heavy atom. The number of carbonyl (C=O) groups is 2. The zero-order chi connectivity index (χ0) is 53.6. The van der Waals surface area contributed by atoms with Gasteiger partial charge in [0.05, 0.1) is 25.4 Å². The summed E-state index contributed by atoms with van der Waals surface area (Å²) < 4.78 is 5.49. The molecule has 2 atom stereocenters. The van der Waals surface area contributed by atoms with Crippen molar-refractivity contribution in [2.45, 2.75) is 386 Å². The summed E-state index contributed by atoms with van der Waals surface area (Å²) in [5.74, 6) is -0.0546. The number of allylic oxidation sites excluding steroid dienone is 3. The van der Waals surface area contributed by atoms with Gasteiger partial charge in [0.25, 0.3) is 0 Å². The van der Waals surface area contributed by atoms with Gasteiger partial charge in [-0.2, -0.15) is 0 Å². The minimum absolute atomic E-state index is 0.00914. The van der Waals surface area contributed by atoms with E-state index in [0.717, 1.165) is 44.9 Å². The Labute approximate surface area is 462 Å². The summed E-state index contributed by atoms with van der Waals surface area (Å²) in [5, 5.41) is 23.2. The number of carbonyl (C=O) groups excluding carboxylic acids is 2. The van der Waals surface area contributed by atoms with Gasteiger partial charge in [0.1, 0.15) is 0 Å². The van der Waals surface area contributed by atoms with Crippen LogP contribution in [0.4, 0.5) is 0 Å². The molecule has 0 aliphatic heterocycles. The largest absolute Gasteiger partial charge is 0.466 e. The van der Waals surface area contributed by atoms with E-state index >= 15 is 0 Å². The molecule has 0 aromatic heterocycles. The lowest BCUT2D eigenvalue weighted by Gasteiger charge is -2.20. The quantitative estimate of drug-likeness (QED) is 0.0320. The van der Waals surface area contributed by atoms with Crippen LogP contribution in [-0.2, 0) is 14.3 Å². The van der Waals surface area contributed by atoms with Gasteiger partial charge in [-0.25, -0.2) is 0 Å². The van der Waals surface area contributed by atoms with E-state index in [1.807, 2.05) is 6.08 Å². The zero-order valence-electron chi connectivity index (χ0n) is 50.1. The summed E-state index contributed by atoms with van der Waals surface area (Å²) in [6.45, 7) is 4.93. The maximum atomic E-state index is 12.5. The van der Waals surface area contributed by atoms with Crippen LogP contribution in [0.15, 0.2) is 24.3 Å². The van der Waals surface area contributed by atoms with Crippen molar-refractivity contribution in [1.29, 1.82) is 0 Å². The molecule has 0 radical (unpaired) electrons. The molecule has 0 heterocycles. The normalized spacial score (nSPS) is 12.6. The molecule has 0 fully saturated rings. The van der Waals surface area contributed by atoms with E-state index in [1.165, 1.54) is 302 Å². The van der Waals surface area contributed by atoms with Crippen LogP contribution in [0.1, 0.15) is 373 Å². The SMILES string of the molecule is CCCCCCCCC/C=C\CCCCCCCC(=O)OCCCCCCCCCCCCCCCCCCCCCCCCCCCC(=O)NC(CO)C(O)/C=C/CCCCCCCCCCCCCCCC. The van der Waals surface area contributed by atoms with Crippen LogP contribution in [0.25, 0.3) is 0 Å². The number of esters is 1. The lowest BCUT2D eigenvalue weighted by atomic mass is 10.0. The number of hydrogen-bond acceptors (Lipinski definition) is 5. The zero-order valence-corrected chi connectivity index (χ0v) is 50.1. The summed E-state index contributed by atoms with van der Waals surface area (Å²) in [4.78, 5) is 24.6. The van der Waals surface area contributed by atoms with Crippen LogP contribution < -0.4 is 5.32 Å². The van der Waals surface area contributed by atoms with Crippen molar-refractivity contribution in [3.8, 4) is 0 Å².